The number of fused-ring (bicyclic) bond motifs is 1. The summed E-state index contributed by atoms with van der Waals surface area (Å²) < 4.78 is 0. The molecule has 0 radical (unpaired) electrons. The van der Waals surface area contributed by atoms with Crippen LogP contribution in [0, 0.1) is 0 Å². The lowest BCUT2D eigenvalue weighted by molar-refractivity contribution is -0.122. The van der Waals surface area contributed by atoms with Crippen LogP contribution >= 0.6 is 11.8 Å². The highest BCUT2D eigenvalue weighted by atomic mass is 32.2. The zero-order chi connectivity index (χ0) is 16.1. The van der Waals surface area contributed by atoms with Gasteiger partial charge in [-0.3, -0.25) is 14.9 Å². The van der Waals surface area contributed by atoms with E-state index in [-0.39, 0.29) is 17.5 Å². The second-order valence-corrected chi connectivity index (χ2v) is 6.32. The summed E-state index contributed by atoms with van der Waals surface area (Å²) in [6.07, 6.45) is 0.779. The van der Waals surface area contributed by atoms with Crippen molar-refractivity contribution in [2.75, 3.05) is 30.0 Å². The standard InChI is InChI=1S/C15H19N5O2S/c21-14-11-5-2-1-4-10(11)13(19-20-14)16-6-3-7-17-15(22)12-8-23-9-18-12/h1-2,4-5,12,18H,3,6-9H2,(H,16,19)(H,17,22)(H,20,21). The first-order valence-electron chi connectivity index (χ1n) is 7.56. The molecular formula is C15H19N5O2S. The molecule has 2 aromatic rings. The van der Waals surface area contributed by atoms with Crippen molar-refractivity contribution in [2.45, 2.75) is 12.5 Å². The van der Waals surface area contributed by atoms with Crippen LogP contribution in [0.3, 0.4) is 0 Å². The Labute approximate surface area is 137 Å². The first kappa shape index (κ1) is 15.8. The number of carbonyl (C=O) groups excluding carboxylic acids is 1. The number of benzene rings is 1. The molecule has 1 aromatic heterocycles. The summed E-state index contributed by atoms with van der Waals surface area (Å²) in [5.41, 5.74) is -0.194. The first-order valence-corrected chi connectivity index (χ1v) is 8.71. The lowest BCUT2D eigenvalue weighted by Gasteiger charge is -2.11. The van der Waals surface area contributed by atoms with Gasteiger partial charge in [0.2, 0.25) is 5.91 Å². The zero-order valence-electron chi connectivity index (χ0n) is 12.6. The third-order valence-corrected chi connectivity index (χ3v) is 4.61. The molecule has 23 heavy (non-hydrogen) atoms. The number of aromatic nitrogens is 2. The van der Waals surface area contributed by atoms with E-state index in [1.54, 1.807) is 17.8 Å². The van der Waals surface area contributed by atoms with E-state index in [9.17, 15) is 9.59 Å². The Hall–Kier alpha value is -2.06. The number of H-pyrrole nitrogens is 1. The minimum absolute atomic E-state index is 0.0580. The topological polar surface area (TPSA) is 98.9 Å². The fourth-order valence-electron chi connectivity index (χ4n) is 2.44. The second kappa shape index (κ2) is 7.47. The average molecular weight is 333 g/mol. The van der Waals surface area contributed by atoms with Crippen LogP contribution in [0.25, 0.3) is 10.8 Å². The Kier molecular flexibility index (Phi) is 5.14. The van der Waals surface area contributed by atoms with E-state index in [4.69, 9.17) is 0 Å². The van der Waals surface area contributed by atoms with Crippen molar-refractivity contribution in [2.24, 2.45) is 0 Å². The number of rotatable bonds is 6. The highest BCUT2D eigenvalue weighted by Crippen LogP contribution is 2.16. The second-order valence-electron chi connectivity index (χ2n) is 5.29. The summed E-state index contributed by atoms with van der Waals surface area (Å²) in [4.78, 5) is 23.5. The Balaban J connectivity index is 1.48. The van der Waals surface area contributed by atoms with Gasteiger partial charge in [-0.25, -0.2) is 5.10 Å². The van der Waals surface area contributed by atoms with Crippen molar-refractivity contribution in [1.82, 2.24) is 20.8 Å². The molecule has 1 aliphatic heterocycles. The molecule has 1 amide bonds. The molecule has 1 fully saturated rings. The third-order valence-electron chi connectivity index (χ3n) is 3.67. The lowest BCUT2D eigenvalue weighted by atomic mass is 10.2. The van der Waals surface area contributed by atoms with Gasteiger partial charge in [0.05, 0.1) is 11.4 Å². The number of hydrogen-bond donors (Lipinski definition) is 4. The van der Waals surface area contributed by atoms with E-state index in [1.165, 1.54) is 0 Å². The molecule has 0 bridgehead atoms. The predicted molar refractivity (Wildman–Crippen MR) is 92.7 cm³/mol. The maximum Gasteiger partial charge on any atom is 0.272 e. The monoisotopic (exact) mass is 333 g/mol. The molecule has 1 atom stereocenters. The highest BCUT2D eigenvalue weighted by molar-refractivity contribution is 7.99. The maximum absolute atomic E-state index is 11.8. The number of thioether (sulfide) groups is 1. The summed E-state index contributed by atoms with van der Waals surface area (Å²) in [7, 11) is 0. The van der Waals surface area contributed by atoms with Gasteiger partial charge in [-0.15, -0.1) is 11.8 Å². The largest absolute Gasteiger partial charge is 0.368 e. The van der Waals surface area contributed by atoms with Crippen molar-refractivity contribution in [3.63, 3.8) is 0 Å². The van der Waals surface area contributed by atoms with Crippen molar-refractivity contribution < 1.29 is 4.79 Å². The molecule has 4 N–H and O–H groups in total. The van der Waals surface area contributed by atoms with Crippen LogP contribution in [0.15, 0.2) is 29.1 Å². The van der Waals surface area contributed by atoms with Crippen molar-refractivity contribution >= 4 is 34.3 Å². The van der Waals surface area contributed by atoms with Gasteiger partial charge in [0.25, 0.3) is 5.56 Å². The Morgan fingerprint density at radius 3 is 2.91 bits per heavy atom. The number of carbonyl (C=O) groups is 1. The Morgan fingerprint density at radius 1 is 1.30 bits per heavy atom. The maximum atomic E-state index is 11.8. The number of anilines is 1. The summed E-state index contributed by atoms with van der Waals surface area (Å²) in [5, 5.41) is 17.2. The number of nitrogens with zero attached hydrogens (tertiary/aromatic N) is 1. The van der Waals surface area contributed by atoms with Gasteiger partial charge in [-0.1, -0.05) is 18.2 Å². The van der Waals surface area contributed by atoms with E-state index >= 15 is 0 Å². The molecule has 0 spiro atoms. The molecule has 122 valence electrons. The molecular weight excluding hydrogens is 314 g/mol. The normalized spacial score (nSPS) is 17.3. The van der Waals surface area contributed by atoms with Crippen LogP contribution in [0.2, 0.25) is 0 Å². The van der Waals surface area contributed by atoms with Crippen molar-refractivity contribution in [1.29, 1.82) is 0 Å². The Bertz CT molecular complexity index is 742. The molecule has 1 aromatic carbocycles. The molecule has 1 saturated heterocycles. The van der Waals surface area contributed by atoms with Gasteiger partial charge < -0.3 is 10.6 Å². The number of nitrogens with one attached hydrogen (secondary N) is 4. The molecule has 3 rings (SSSR count). The smallest absolute Gasteiger partial charge is 0.272 e. The van der Waals surface area contributed by atoms with Crippen molar-refractivity contribution in [3.05, 3.63) is 34.6 Å². The first-order chi connectivity index (χ1) is 11.3. The SMILES string of the molecule is O=C(NCCCNc1n[nH]c(=O)c2ccccc12)C1CSCN1. The van der Waals surface area contributed by atoms with Crippen LogP contribution in [-0.2, 0) is 4.79 Å². The van der Waals surface area contributed by atoms with Gasteiger partial charge in [0.15, 0.2) is 5.82 Å². The summed E-state index contributed by atoms with van der Waals surface area (Å²) in [6, 6.07) is 7.27. The molecule has 1 unspecified atom stereocenters. The van der Waals surface area contributed by atoms with Crippen LogP contribution in [0.4, 0.5) is 5.82 Å². The lowest BCUT2D eigenvalue weighted by Crippen LogP contribution is -2.42. The van der Waals surface area contributed by atoms with Crippen LogP contribution in [-0.4, -0.2) is 46.9 Å². The van der Waals surface area contributed by atoms with Crippen LogP contribution in [0.5, 0.6) is 0 Å². The number of hydrogen-bond acceptors (Lipinski definition) is 6. The number of amides is 1. The fourth-order valence-corrected chi connectivity index (χ4v) is 3.38. The summed E-state index contributed by atoms with van der Waals surface area (Å²) in [6.45, 7) is 1.27. The van der Waals surface area contributed by atoms with Gasteiger partial charge >= 0.3 is 0 Å². The van der Waals surface area contributed by atoms with Crippen LogP contribution in [0.1, 0.15) is 6.42 Å². The molecule has 2 heterocycles. The molecule has 8 heteroatoms. The van der Waals surface area contributed by atoms with Gasteiger partial charge in [-0.2, -0.15) is 5.10 Å². The molecule has 0 aliphatic carbocycles. The molecule has 0 saturated carbocycles. The van der Waals surface area contributed by atoms with E-state index in [0.29, 0.717) is 24.3 Å². The quantitative estimate of drug-likeness (QED) is 0.575. The summed E-state index contributed by atoms with van der Waals surface area (Å²) >= 11 is 1.73. The average Bonchev–Trinajstić information content (AvgIpc) is 3.11. The van der Waals surface area contributed by atoms with E-state index in [2.05, 4.69) is 26.1 Å². The summed E-state index contributed by atoms with van der Waals surface area (Å²) in [5.74, 6) is 2.38. The highest BCUT2D eigenvalue weighted by Gasteiger charge is 2.21. The van der Waals surface area contributed by atoms with E-state index in [1.807, 2.05) is 18.2 Å². The molecule has 1 aliphatic rings. The molecule has 7 nitrogen and oxygen atoms in total. The van der Waals surface area contributed by atoms with Crippen molar-refractivity contribution in [3.8, 4) is 0 Å². The third kappa shape index (κ3) is 3.83. The minimum atomic E-state index is -0.194. The van der Waals surface area contributed by atoms with Gasteiger partial charge in [0.1, 0.15) is 0 Å². The van der Waals surface area contributed by atoms with Gasteiger partial charge in [0, 0.05) is 30.1 Å². The van der Waals surface area contributed by atoms with Gasteiger partial charge in [-0.05, 0) is 12.5 Å². The number of aromatic amines is 1. The zero-order valence-corrected chi connectivity index (χ0v) is 13.4. The van der Waals surface area contributed by atoms with E-state index < -0.39 is 0 Å². The fraction of sp³-hybridized carbons (Fsp3) is 0.400. The Morgan fingerprint density at radius 2 is 2.13 bits per heavy atom. The van der Waals surface area contributed by atoms with Crippen LogP contribution < -0.4 is 21.5 Å². The predicted octanol–water partition coefficient (Wildman–Crippen LogP) is 0.504. The van der Waals surface area contributed by atoms with E-state index in [0.717, 1.165) is 23.4 Å². The minimum Gasteiger partial charge on any atom is -0.368 e.